The molecule has 4 heteroatoms. The lowest BCUT2D eigenvalue weighted by Crippen LogP contribution is -2.47. The van der Waals surface area contributed by atoms with Crippen molar-refractivity contribution in [2.75, 3.05) is 13.1 Å². The van der Waals surface area contributed by atoms with Gasteiger partial charge < -0.3 is 10.0 Å². The largest absolute Gasteiger partial charge is 0.481 e. The fourth-order valence-electron chi connectivity index (χ4n) is 3.50. The van der Waals surface area contributed by atoms with Crippen molar-refractivity contribution in [2.45, 2.75) is 57.8 Å². The highest BCUT2D eigenvalue weighted by atomic mass is 16.4. The van der Waals surface area contributed by atoms with Gasteiger partial charge in [0.25, 0.3) is 0 Å². The number of carbonyl (C=O) groups excluding carboxylic acids is 1. The minimum absolute atomic E-state index is 0.0297. The quantitative estimate of drug-likeness (QED) is 0.840. The summed E-state index contributed by atoms with van der Waals surface area (Å²) in [6, 6.07) is 0. The molecule has 2 fully saturated rings. The van der Waals surface area contributed by atoms with Crippen LogP contribution in [0.2, 0.25) is 0 Å². The second-order valence-corrected chi connectivity index (χ2v) is 5.87. The Morgan fingerprint density at radius 3 is 2.33 bits per heavy atom. The summed E-state index contributed by atoms with van der Waals surface area (Å²) >= 11 is 0. The summed E-state index contributed by atoms with van der Waals surface area (Å²) in [6.07, 6.45) is 8.84. The number of carboxylic acids is 1. The van der Waals surface area contributed by atoms with E-state index in [-0.39, 0.29) is 18.7 Å². The molecule has 1 aliphatic heterocycles. The molecule has 1 amide bonds. The van der Waals surface area contributed by atoms with E-state index in [0.717, 1.165) is 19.5 Å². The van der Waals surface area contributed by atoms with Crippen LogP contribution in [0.1, 0.15) is 57.8 Å². The Morgan fingerprint density at radius 1 is 1.00 bits per heavy atom. The van der Waals surface area contributed by atoms with Gasteiger partial charge in [-0.15, -0.1) is 0 Å². The average Bonchev–Trinajstić information content (AvgIpc) is 2.37. The molecule has 0 radical (unpaired) electrons. The van der Waals surface area contributed by atoms with Gasteiger partial charge in [-0.2, -0.15) is 0 Å². The molecule has 1 saturated heterocycles. The molecule has 102 valence electrons. The fourth-order valence-corrected chi connectivity index (χ4v) is 3.50. The van der Waals surface area contributed by atoms with E-state index in [4.69, 9.17) is 5.11 Å². The predicted molar refractivity (Wildman–Crippen MR) is 68.2 cm³/mol. The van der Waals surface area contributed by atoms with Gasteiger partial charge in [0.1, 0.15) is 0 Å². The third kappa shape index (κ3) is 3.24. The number of piperidine rings is 1. The minimum Gasteiger partial charge on any atom is -0.481 e. The Kier molecular flexibility index (Phi) is 4.25. The number of likely N-dealkylation sites (tertiary alicyclic amines) is 1. The van der Waals surface area contributed by atoms with Crippen molar-refractivity contribution < 1.29 is 14.7 Å². The van der Waals surface area contributed by atoms with Gasteiger partial charge in [-0.3, -0.25) is 9.59 Å². The molecule has 1 heterocycles. The molecule has 2 rings (SSSR count). The molecule has 0 bridgehead atoms. The predicted octanol–water partition coefficient (Wildman–Crippen LogP) is 2.42. The normalized spacial score (nSPS) is 23.0. The highest BCUT2D eigenvalue weighted by Gasteiger charge is 2.37. The van der Waals surface area contributed by atoms with Crippen LogP contribution in [0.25, 0.3) is 0 Å². The average molecular weight is 253 g/mol. The number of carboxylic acid groups (broad SMARTS) is 1. The third-order valence-electron chi connectivity index (χ3n) is 4.48. The van der Waals surface area contributed by atoms with Crippen molar-refractivity contribution in [3.8, 4) is 0 Å². The summed E-state index contributed by atoms with van der Waals surface area (Å²) in [4.78, 5) is 24.4. The Balaban J connectivity index is 1.89. The van der Waals surface area contributed by atoms with E-state index in [1.54, 1.807) is 0 Å². The van der Waals surface area contributed by atoms with Gasteiger partial charge in [0, 0.05) is 19.5 Å². The van der Waals surface area contributed by atoms with E-state index in [9.17, 15) is 9.59 Å². The Labute approximate surface area is 108 Å². The molecule has 1 saturated carbocycles. The van der Waals surface area contributed by atoms with Crippen LogP contribution in [-0.2, 0) is 9.59 Å². The van der Waals surface area contributed by atoms with Crippen LogP contribution in [0.15, 0.2) is 0 Å². The number of nitrogens with zero attached hydrogens (tertiary/aromatic N) is 1. The molecule has 1 N–H and O–H groups in total. The fraction of sp³-hybridized carbons (Fsp3) is 0.857. The SMILES string of the molecule is O=C(O)CCC(=O)N1CCCC2(CCCCC2)C1. The van der Waals surface area contributed by atoms with E-state index in [2.05, 4.69) is 0 Å². The first-order chi connectivity index (χ1) is 8.61. The van der Waals surface area contributed by atoms with Crippen molar-refractivity contribution in [2.24, 2.45) is 5.41 Å². The van der Waals surface area contributed by atoms with Crippen molar-refractivity contribution in [3.05, 3.63) is 0 Å². The molecule has 1 aliphatic carbocycles. The second kappa shape index (κ2) is 5.72. The molecule has 2 aliphatic rings. The van der Waals surface area contributed by atoms with Crippen LogP contribution in [0, 0.1) is 5.41 Å². The summed E-state index contributed by atoms with van der Waals surface area (Å²) < 4.78 is 0. The van der Waals surface area contributed by atoms with Gasteiger partial charge in [-0.1, -0.05) is 19.3 Å². The topological polar surface area (TPSA) is 57.6 Å². The monoisotopic (exact) mass is 253 g/mol. The first kappa shape index (κ1) is 13.4. The molecule has 0 aromatic heterocycles. The molecular weight excluding hydrogens is 230 g/mol. The number of aliphatic carboxylic acids is 1. The number of carbonyl (C=O) groups is 2. The Morgan fingerprint density at radius 2 is 1.67 bits per heavy atom. The second-order valence-electron chi connectivity index (χ2n) is 5.87. The summed E-state index contributed by atoms with van der Waals surface area (Å²) in [7, 11) is 0. The lowest BCUT2D eigenvalue weighted by molar-refractivity contribution is -0.142. The molecule has 0 atom stereocenters. The zero-order chi connectivity index (χ0) is 13.0. The zero-order valence-electron chi connectivity index (χ0n) is 11.0. The van der Waals surface area contributed by atoms with E-state index in [1.165, 1.54) is 38.5 Å². The van der Waals surface area contributed by atoms with Crippen molar-refractivity contribution in [3.63, 3.8) is 0 Å². The standard InChI is InChI=1S/C14H23NO3/c16-12(5-6-13(17)18)15-10-4-9-14(11-15)7-2-1-3-8-14/h1-11H2,(H,17,18). The molecule has 0 aromatic rings. The molecule has 0 aromatic carbocycles. The molecular formula is C14H23NO3. The summed E-state index contributed by atoms with van der Waals surface area (Å²) in [6.45, 7) is 1.69. The zero-order valence-corrected chi connectivity index (χ0v) is 11.0. The highest BCUT2D eigenvalue weighted by Crippen LogP contribution is 2.43. The molecule has 18 heavy (non-hydrogen) atoms. The van der Waals surface area contributed by atoms with Gasteiger partial charge in [0.05, 0.1) is 6.42 Å². The van der Waals surface area contributed by atoms with Gasteiger partial charge in [0.15, 0.2) is 0 Å². The van der Waals surface area contributed by atoms with Gasteiger partial charge >= 0.3 is 5.97 Å². The van der Waals surface area contributed by atoms with Crippen molar-refractivity contribution in [1.82, 2.24) is 4.90 Å². The van der Waals surface area contributed by atoms with Crippen LogP contribution in [0.4, 0.5) is 0 Å². The molecule has 0 unspecified atom stereocenters. The van der Waals surface area contributed by atoms with E-state index in [0.29, 0.717) is 5.41 Å². The maximum atomic E-state index is 12.0. The lowest BCUT2D eigenvalue weighted by Gasteiger charge is -2.45. The number of hydrogen-bond acceptors (Lipinski definition) is 2. The van der Waals surface area contributed by atoms with Gasteiger partial charge in [-0.25, -0.2) is 0 Å². The van der Waals surface area contributed by atoms with Crippen LogP contribution < -0.4 is 0 Å². The van der Waals surface area contributed by atoms with E-state index < -0.39 is 5.97 Å². The summed E-state index contributed by atoms with van der Waals surface area (Å²) in [5.41, 5.74) is 0.357. The summed E-state index contributed by atoms with van der Waals surface area (Å²) in [5, 5.41) is 8.63. The Bertz CT molecular complexity index is 315. The lowest BCUT2D eigenvalue weighted by atomic mass is 9.69. The van der Waals surface area contributed by atoms with Crippen LogP contribution >= 0.6 is 0 Å². The van der Waals surface area contributed by atoms with Crippen LogP contribution in [0.3, 0.4) is 0 Å². The summed E-state index contributed by atoms with van der Waals surface area (Å²) in [5.74, 6) is -0.852. The first-order valence-electron chi connectivity index (χ1n) is 7.11. The maximum Gasteiger partial charge on any atom is 0.303 e. The van der Waals surface area contributed by atoms with Gasteiger partial charge in [-0.05, 0) is 31.1 Å². The van der Waals surface area contributed by atoms with E-state index in [1.807, 2.05) is 4.90 Å². The first-order valence-corrected chi connectivity index (χ1v) is 7.11. The highest BCUT2D eigenvalue weighted by molar-refractivity contribution is 5.80. The number of hydrogen-bond donors (Lipinski definition) is 1. The Hall–Kier alpha value is -1.06. The third-order valence-corrected chi connectivity index (χ3v) is 4.48. The minimum atomic E-state index is -0.882. The smallest absolute Gasteiger partial charge is 0.303 e. The maximum absolute atomic E-state index is 12.0. The van der Waals surface area contributed by atoms with Crippen molar-refractivity contribution in [1.29, 1.82) is 0 Å². The number of amides is 1. The van der Waals surface area contributed by atoms with Crippen LogP contribution in [0.5, 0.6) is 0 Å². The van der Waals surface area contributed by atoms with E-state index >= 15 is 0 Å². The van der Waals surface area contributed by atoms with Gasteiger partial charge in [0.2, 0.25) is 5.91 Å². The number of rotatable bonds is 3. The molecule has 1 spiro atoms. The van der Waals surface area contributed by atoms with Crippen LogP contribution in [-0.4, -0.2) is 35.0 Å². The van der Waals surface area contributed by atoms with Crippen molar-refractivity contribution >= 4 is 11.9 Å². The molecule has 4 nitrogen and oxygen atoms in total.